The fraction of sp³-hybridized carbons (Fsp3) is 0.222. The Kier molecular flexibility index (Phi) is 4.13. The molecule has 1 unspecified atom stereocenters. The molecule has 3 heterocycles. The molecular weight excluding hydrogens is 402 g/mol. The Morgan fingerprint density at radius 1 is 1.44 bits per heavy atom. The highest BCUT2D eigenvalue weighted by molar-refractivity contribution is 9.10. The molecule has 1 N–H and O–H groups in total. The molecule has 0 spiro atoms. The van der Waals surface area contributed by atoms with Crippen LogP contribution in [0.5, 0.6) is 0 Å². The summed E-state index contributed by atoms with van der Waals surface area (Å²) in [7, 11) is 0. The predicted octanol–water partition coefficient (Wildman–Crippen LogP) is 4.71. The number of halogens is 1. The number of hydrogen-bond donors (Lipinski definition) is 1. The fourth-order valence-corrected chi connectivity index (χ4v) is 4.23. The molecule has 0 amide bonds. The SMILES string of the molecule is CCOC(=O)C1=C(C)Nc2nc3ccc(Br)cc3n2C1c1ccsc1. The Balaban J connectivity index is 1.98. The van der Waals surface area contributed by atoms with E-state index in [2.05, 4.69) is 31.2 Å². The smallest absolute Gasteiger partial charge is 0.338 e. The molecule has 5 nitrogen and oxygen atoms in total. The van der Waals surface area contributed by atoms with E-state index in [9.17, 15) is 4.79 Å². The molecule has 7 heteroatoms. The maximum atomic E-state index is 12.7. The van der Waals surface area contributed by atoms with Crippen LogP contribution >= 0.6 is 27.3 Å². The van der Waals surface area contributed by atoms with Gasteiger partial charge in [-0.2, -0.15) is 11.3 Å². The second-order valence-electron chi connectivity index (χ2n) is 5.78. The number of carbonyl (C=O) groups is 1. The number of esters is 1. The van der Waals surface area contributed by atoms with Crippen LogP contribution in [0.15, 0.2) is 50.8 Å². The highest BCUT2D eigenvalue weighted by Crippen LogP contribution is 2.40. The first kappa shape index (κ1) is 16.4. The first-order valence-corrected chi connectivity index (χ1v) is 9.68. The van der Waals surface area contributed by atoms with Crippen molar-refractivity contribution >= 4 is 50.2 Å². The quantitative estimate of drug-likeness (QED) is 0.626. The van der Waals surface area contributed by atoms with Gasteiger partial charge in [-0.3, -0.25) is 4.57 Å². The summed E-state index contributed by atoms with van der Waals surface area (Å²) in [4.78, 5) is 17.4. The van der Waals surface area contributed by atoms with Crippen molar-refractivity contribution in [1.82, 2.24) is 9.55 Å². The third-order valence-electron chi connectivity index (χ3n) is 4.24. The largest absolute Gasteiger partial charge is 0.463 e. The Bertz CT molecular complexity index is 991. The molecule has 0 bridgehead atoms. The van der Waals surface area contributed by atoms with E-state index < -0.39 is 0 Å². The van der Waals surface area contributed by atoms with Gasteiger partial charge in [0.2, 0.25) is 5.95 Å². The number of allylic oxidation sites excluding steroid dienone is 1. The standard InChI is InChI=1S/C18H16BrN3O2S/c1-3-24-17(23)15-10(2)20-18-21-13-5-4-12(19)8-14(13)22(18)16(15)11-6-7-25-9-11/h4-9,16H,3H2,1-2H3,(H,20,21). The Morgan fingerprint density at radius 2 is 2.28 bits per heavy atom. The second-order valence-corrected chi connectivity index (χ2v) is 7.48. The second kappa shape index (κ2) is 6.31. The van der Waals surface area contributed by atoms with Gasteiger partial charge in [-0.05, 0) is 54.4 Å². The van der Waals surface area contributed by atoms with Gasteiger partial charge in [0.15, 0.2) is 0 Å². The number of anilines is 1. The van der Waals surface area contributed by atoms with E-state index in [-0.39, 0.29) is 12.0 Å². The van der Waals surface area contributed by atoms with Gasteiger partial charge in [-0.1, -0.05) is 15.9 Å². The van der Waals surface area contributed by atoms with Gasteiger partial charge in [0.05, 0.1) is 29.3 Å². The van der Waals surface area contributed by atoms with Crippen molar-refractivity contribution in [3.05, 3.63) is 56.3 Å². The average Bonchev–Trinajstić information content (AvgIpc) is 3.21. The summed E-state index contributed by atoms with van der Waals surface area (Å²) in [6, 6.07) is 7.74. The molecule has 128 valence electrons. The van der Waals surface area contributed by atoms with Crippen LogP contribution in [0.25, 0.3) is 11.0 Å². The number of carbonyl (C=O) groups excluding carboxylic acids is 1. The summed E-state index contributed by atoms with van der Waals surface area (Å²) in [6.07, 6.45) is 0. The number of nitrogens with one attached hydrogen (secondary N) is 1. The monoisotopic (exact) mass is 417 g/mol. The van der Waals surface area contributed by atoms with Crippen LogP contribution in [0.4, 0.5) is 5.95 Å². The average molecular weight is 418 g/mol. The molecule has 1 aromatic carbocycles. The number of rotatable bonds is 3. The molecule has 0 radical (unpaired) electrons. The van der Waals surface area contributed by atoms with E-state index in [1.807, 2.05) is 43.5 Å². The molecule has 1 aliphatic heterocycles. The lowest BCUT2D eigenvalue weighted by Gasteiger charge is -2.29. The summed E-state index contributed by atoms with van der Waals surface area (Å²) < 4.78 is 8.37. The zero-order valence-electron chi connectivity index (χ0n) is 13.7. The summed E-state index contributed by atoms with van der Waals surface area (Å²) in [5.74, 6) is 0.432. The van der Waals surface area contributed by atoms with E-state index >= 15 is 0 Å². The van der Waals surface area contributed by atoms with Gasteiger partial charge in [-0.15, -0.1) is 0 Å². The Morgan fingerprint density at radius 3 is 3.00 bits per heavy atom. The summed E-state index contributed by atoms with van der Waals surface area (Å²) in [6.45, 7) is 4.05. The minimum absolute atomic E-state index is 0.263. The lowest BCUT2D eigenvalue weighted by atomic mass is 9.97. The molecule has 0 saturated carbocycles. The zero-order valence-corrected chi connectivity index (χ0v) is 16.1. The maximum Gasteiger partial charge on any atom is 0.338 e. The topological polar surface area (TPSA) is 56.1 Å². The van der Waals surface area contributed by atoms with Gasteiger partial charge in [0.25, 0.3) is 0 Å². The number of thiophene rings is 1. The van der Waals surface area contributed by atoms with E-state index in [0.29, 0.717) is 12.2 Å². The lowest BCUT2D eigenvalue weighted by Crippen LogP contribution is -2.28. The number of fused-ring (bicyclic) bond motifs is 3. The van der Waals surface area contributed by atoms with Crippen molar-refractivity contribution in [2.75, 3.05) is 11.9 Å². The molecule has 0 fully saturated rings. The van der Waals surface area contributed by atoms with Crippen LogP contribution in [0, 0.1) is 0 Å². The first-order chi connectivity index (χ1) is 12.1. The summed E-state index contributed by atoms with van der Waals surface area (Å²) in [5.41, 5.74) is 4.28. The molecule has 2 aromatic heterocycles. The van der Waals surface area contributed by atoms with Crippen LogP contribution < -0.4 is 5.32 Å². The van der Waals surface area contributed by atoms with Gasteiger partial charge in [0.1, 0.15) is 0 Å². The number of imidazole rings is 1. The number of aromatic nitrogens is 2. The molecule has 1 aliphatic rings. The molecule has 1 atom stereocenters. The third-order valence-corrected chi connectivity index (χ3v) is 5.44. The molecule has 0 saturated heterocycles. The Hall–Kier alpha value is -2.12. The zero-order chi connectivity index (χ0) is 17.6. The van der Waals surface area contributed by atoms with Crippen molar-refractivity contribution in [3.8, 4) is 0 Å². The minimum atomic E-state index is -0.300. The van der Waals surface area contributed by atoms with Crippen LogP contribution in [-0.2, 0) is 9.53 Å². The van der Waals surface area contributed by atoms with Crippen LogP contribution in [-0.4, -0.2) is 22.1 Å². The third kappa shape index (κ3) is 2.67. The van der Waals surface area contributed by atoms with Gasteiger partial charge in [0, 0.05) is 10.2 Å². The van der Waals surface area contributed by atoms with Crippen molar-refractivity contribution < 1.29 is 9.53 Å². The molecule has 0 aliphatic carbocycles. The summed E-state index contributed by atoms with van der Waals surface area (Å²) >= 11 is 5.14. The van der Waals surface area contributed by atoms with Crippen LogP contribution in [0.3, 0.4) is 0 Å². The van der Waals surface area contributed by atoms with Crippen molar-refractivity contribution in [2.45, 2.75) is 19.9 Å². The Labute approximate surface area is 157 Å². The normalized spacial score (nSPS) is 16.7. The van der Waals surface area contributed by atoms with Crippen LogP contribution in [0.1, 0.15) is 25.5 Å². The van der Waals surface area contributed by atoms with Crippen molar-refractivity contribution in [1.29, 1.82) is 0 Å². The summed E-state index contributed by atoms with van der Waals surface area (Å²) in [5, 5.41) is 7.35. The van der Waals surface area contributed by atoms with E-state index in [1.54, 1.807) is 11.3 Å². The molecule has 4 rings (SSSR count). The fourth-order valence-electron chi connectivity index (χ4n) is 3.20. The van der Waals surface area contributed by atoms with Crippen molar-refractivity contribution in [2.24, 2.45) is 0 Å². The number of ether oxygens (including phenoxy) is 1. The van der Waals surface area contributed by atoms with E-state index in [4.69, 9.17) is 9.72 Å². The molecular formula is C18H16BrN3O2S. The molecule has 3 aromatic rings. The highest BCUT2D eigenvalue weighted by Gasteiger charge is 2.35. The first-order valence-electron chi connectivity index (χ1n) is 7.94. The van der Waals surface area contributed by atoms with Crippen molar-refractivity contribution in [3.63, 3.8) is 0 Å². The van der Waals surface area contributed by atoms with Gasteiger partial charge >= 0.3 is 5.97 Å². The molecule has 25 heavy (non-hydrogen) atoms. The van der Waals surface area contributed by atoms with Gasteiger partial charge < -0.3 is 10.1 Å². The predicted molar refractivity (Wildman–Crippen MR) is 103 cm³/mol. The minimum Gasteiger partial charge on any atom is -0.463 e. The number of hydrogen-bond acceptors (Lipinski definition) is 5. The van der Waals surface area contributed by atoms with E-state index in [0.717, 1.165) is 32.7 Å². The number of nitrogens with zero attached hydrogens (tertiary/aromatic N) is 2. The number of benzene rings is 1. The lowest BCUT2D eigenvalue weighted by molar-refractivity contribution is -0.139. The van der Waals surface area contributed by atoms with Gasteiger partial charge in [-0.25, -0.2) is 9.78 Å². The maximum absolute atomic E-state index is 12.7. The van der Waals surface area contributed by atoms with Crippen LogP contribution in [0.2, 0.25) is 0 Å². The van der Waals surface area contributed by atoms with E-state index in [1.165, 1.54) is 0 Å². The highest BCUT2D eigenvalue weighted by atomic mass is 79.9.